The predicted molar refractivity (Wildman–Crippen MR) is 68.5 cm³/mol. The van der Waals surface area contributed by atoms with Gasteiger partial charge in [-0.2, -0.15) is 0 Å². The van der Waals surface area contributed by atoms with Crippen molar-refractivity contribution in [3.63, 3.8) is 0 Å². The fraction of sp³-hybridized carbons (Fsp3) is 0.615. The van der Waals surface area contributed by atoms with Crippen LogP contribution in [0.25, 0.3) is 0 Å². The van der Waals surface area contributed by atoms with E-state index in [0.717, 1.165) is 6.42 Å². The minimum atomic E-state index is -0.0886. The van der Waals surface area contributed by atoms with Gasteiger partial charge in [0.2, 0.25) is 0 Å². The average Bonchev–Trinajstić information content (AvgIpc) is 2.08. The maximum Gasteiger partial charge on any atom is 0.196 e. The second-order valence-electron chi connectivity index (χ2n) is 5.43. The van der Waals surface area contributed by atoms with Crippen molar-refractivity contribution in [1.82, 2.24) is 5.32 Å². The van der Waals surface area contributed by atoms with Gasteiger partial charge < -0.3 is 5.32 Å². The molecule has 0 saturated heterocycles. The van der Waals surface area contributed by atoms with E-state index in [9.17, 15) is 4.79 Å². The number of halogens is 1. The van der Waals surface area contributed by atoms with Crippen molar-refractivity contribution >= 4 is 17.4 Å². The quantitative estimate of drug-likeness (QED) is 0.823. The molecule has 3 heteroatoms. The molecule has 0 aliphatic heterocycles. The van der Waals surface area contributed by atoms with E-state index in [1.54, 1.807) is 6.08 Å². The Bertz CT molecular complexity index is 325. The van der Waals surface area contributed by atoms with Crippen LogP contribution in [-0.2, 0) is 4.79 Å². The number of carbonyl (C=O) groups is 1. The number of nitrogens with one attached hydrogen (secondary N) is 1. The van der Waals surface area contributed by atoms with E-state index in [0.29, 0.717) is 11.1 Å². The molecule has 0 bridgehead atoms. The third kappa shape index (κ3) is 4.50. The highest BCUT2D eigenvalue weighted by Crippen LogP contribution is 2.21. The predicted octanol–water partition coefficient (Wildman–Crippen LogP) is 3.03. The number of hydrogen-bond acceptors (Lipinski definition) is 2. The van der Waals surface area contributed by atoms with Crippen LogP contribution in [0.4, 0.5) is 0 Å². The highest BCUT2D eigenvalue weighted by atomic mass is 35.5. The summed E-state index contributed by atoms with van der Waals surface area (Å²) in [6, 6.07) is 0.392. The zero-order chi connectivity index (χ0) is 12.3. The first-order valence-electron chi connectivity index (χ1n) is 5.65. The average molecular weight is 242 g/mol. The largest absolute Gasteiger partial charge is 0.310 e. The summed E-state index contributed by atoms with van der Waals surface area (Å²) >= 11 is 5.82. The lowest BCUT2D eigenvalue weighted by Gasteiger charge is -2.27. The minimum absolute atomic E-state index is 0.0886. The number of allylic oxidation sites excluding steroid dienone is 4. The molecule has 1 aliphatic rings. The third-order valence-electron chi connectivity index (χ3n) is 2.40. The van der Waals surface area contributed by atoms with Crippen molar-refractivity contribution in [3.05, 3.63) is 23.3 Å². The van der Waals surface area contributed by atoms with Crippen molar-refractivity contribution in [3.8, 4) is 0 Å². The van der Waals surface area contributed by atoms with Gasteiger partial charge in [-0.05, 0) is 46.1 Å². The second kappa shape index (κ2) is 5.15. The lowest BCUT2D eigenvalue weighted by atomic mass is 9.94. The highest BCUT2D eigenvalue weighted by molar-refractivity contribution is 6.44. The summed E-state index contributed by atoms with van der Waals surface area (Å²) in [5, 5.41) is 3.84. The van der Waals surface area contributed by atoms with E-state index < -0.39 is 0 Å². The van der Waals surface area contributed by atoms with Gasteiger partial charge in [0.25, 0.3) is 0 Å². The second-order valence-corrected chi connectivity index (χ2v) is 5.84. The van der Waals surface area contributed by atoms with Gasteiger partial charge in [0, 0.05) is 11.6 Å². The van der Waals surface area contributed by atoms with Gasteiger partial charge in [-0.25, -0.2) is 0 Å². The van der Waals surface area contributed by atoms with E-state index in [4.69, 9.17) is 11.6 Å². The normalized spacial score (nSPS) is 23.2. The summed E-state index contributed by atoms with van der Waals surface area (Å²) in [5.74, 6) is 0.171. The third-order valence-corrected chi connectivity index (χ3v) is 2.71. The Morgan fingerprint density at radius 3 is 2.62 bits per heavy atom. The maximum atomic E-state index is 11.2. The van der Waals surface area contributed by atoms with E-state index in [-0.39, 0.29) is 17.2 Å². The molecule has 0 amide bonds. The Kier molecular flexibility index (Phi) is 4.34. The summed E-state index contributed by atoms with van der Waals surface area (Å²) in [4.78, 5) is 11.2. The molecule has 0 aromatic heterocycles. The van der Waals surface area contributed by atoms with Crippen LogP contribution in [0, 0.1) is 5.92 Å². The molecule has 16 heavy (non-hydrogen) atoms. The fourth-order valence-corrected chi connectivity index (χ4v) is 2.19. The highest BCUT2D eigenvalue weighted by Gasteiger charge is 2.18. The van der Waals surface area contributed by atoms with Crippen molar-refractivity contribution < 1.29 is 4.79 Å². The van der Waals surface area contributed by atoms with Gasteiger partial charge in [0.15, 0.2) is 5.78 Å². The van der Waals surface area contributed by atoms with Crippen LogP contribution >= 0.6 is 11.6 Å². The van der Waals surface area contributed by atoms with E-state index in [1.807, 2.05) is 12.2 Å². The molecule has 2 nitrogen and oxygen atoms in total. The monoisotopic (exact) mass is 241 g/mol. The van der Waals surface area contributed by atoms with Gasteiger partial charge in [0.05, 0.1) is 5.03 Å². The molecule has 1 aliphatic carbocycles. The zero-order valence-corrected chi connectivity index (χ0v) is 11.1. The Labute approximate surface area is 103 Å². The molecular formula is C13H20ClNO. The molecule has 2 unspecified atom stereocenters. The Morgan fingerprint density at radius 1 is 1.50 bits per heavy atom. The smallest absolute Gasteiger partial charge is 0.196 e. The summed E-state index contributed by atoms with van der Waals surface area (Å²) in [5.41, 5.74) is 0.112. The van der Waals surface area contributed by atoms with Crippen LogP contribution in [0.2, 0.25) is 0 Å². The summed E-state index contributed by atoms with van der Waals surface area (Å²) in [6.45, 7) is 8.59. The lowest BCUT2D eigenvalue weighted by molar-refractivity contribution is -0.110. The van der Waals surface area contributed by atoms with Crippen molar-refractivity contribution in [2.75, 3.05) is 0 Å². The molecule has 0 saturated carbocycles. The van der Waals surface area contributed by atoms with E-state index in [1.165, 1.54) is 0 Å². The number of carbonyl (C=O) groups excluding carboxylic acids is 1. The van der Waals surface area contributed by atoms with Crippen molar-refractivity contribution in [2.24, 2.45) is 5.92 Å². The van der Waals surface area contributed by atoms with Crippen LogP contribution in [0.5, 0.6) is 0 Å². The first-order valence-corrected chi connectivity index (χ1v) is 6.03. The summed E-state index contributed by atoms with van der Waals surface area (Å²) < 4.78 is 0. The Hall–Kier alpha value is -0.600. The van der Waals surface area contributed by atoms with Crippen LogP contribution in [0.1, 0.15) is 34.1 Å². The molecule has 90 valence electrons. The lowest BCUT2D eigenvalue weighted by Crippen LogP contribution is -2.42. The van der Waals surface area contributed by atoms with Crippen LogP contribution in [0.15, 0.2) is 23.3 Å². The van der Waals surface area contributed by atoms with Crippen LogP contribution in [0.3, 0.4) is 0 Å². The molecule has 1 rings (SSSR count). The Morgan fingerprint density at radius 2 is 2.12 bits per heavy atom. The zero-order valence-electron chi connectivity index (χ0n) is 10.4. The van der Waals surface area contributed by atoms with Crippen LogP contribution < -0.4 is 5.32 Å². The van der Waals surface area contributed by atoms with Gasteiger partial charge in [0.1, 0.15) is 0 Å². The number of rotatable bonds is 3. The number of hydrogen-bond donors (Lipinski definition) is 1. The Balaban J connectivity index is 2.50. The minimum Gasteiger partial charge on any atom is -0.310 e. The number of ketones is 1. The van der Waals surface area contributed by atoms with E-state index >= 15 is 0 Å². The molecule has 0 radical (unpaired) electrons. The molecule has 2 atom stereocenters. The molecule has 0 fully saturated rings. The summed E-state index contributed by atoms with van der Waals surface area (Å²) in [6.07, 6.45) is 6.29. The fourth-order valence-electron chi connectivity index (χ4n) is 1.97. The standard InChI is InChI=1S/C13H20ClNO/c1-9(15-13(2,3)4)7-10-5-6-12(16)11(14)8-10/h5-6,8-10,15H,7H2,1-4H3. The summed E-state index contributed by atoms with van der Waals surface area (Å²) in [7, 11) is 0. The van der Waals surface area contributed by atoms with Crippen molar-refractivity contribution in [2.45, 2.75) is 45.7 Å². The first-order chi connectivity index (χ1) is 7.28. The van der Waals surface area contributed by atoms with Gasteiger partial charge in [-0.15, -0.1) is 0 Å². The van der Waals surface area contributed by atoms with Gasteiger partial charge in [-0.1, -0.05) is 23.8 Å². The van der Waals surface area contributed by atoms with Gasteiger partial charge in [-0.3, -0.25) is 4.79 Å². The molecule has 0 aromatic rings. The van der Waals surface area contributed by atoms with Gasteiger partial charge >= 0.3 is 0 Å². The molecular weight excluding hydrogens is 222 g/mol. The first kappa shape index (κ1) is 13.5. The van der Waals surface area contributed by atoms with Crippen molar-refractivity contribution in [1.29, 1.82) is 0 Å². The van der Waals surface area contributed by atoms with E-state index in [2.05, 4.69) is 33.0 Å². The molecule has 1 N–H and O–H groups in total. The SMILES string of the molecule is CC(CC1C=CC(=O)C(Cl)=C1)NC(C)(C)C. The van der Waals surface area contributed by atoms with Crippen LogP contribution in [-0.4, -0.2) is 17.4 Å². The molecule has 0 heterocycles. The maximum absolute atomic E-state index is 11.2. The molecule has 0 aromatic carbocycles. The topological polar surface area (TPSA) is 29.1 Å². The molecule has 0 spiro atoms.